The Labute approximate surface area is 198 Å². The number of carbonyl (C=O) groups excluding carboxylic acids is 1. The van der Waals surface area contributed by atoms with E-state index < -0.39 is 15.9 Å². The third kappa shape index (κ3) is 5.41. The molecule has 7 nitrogen and oxygen atoms in total. The molecule has 8 heteroatoms. The van der Waals surface area contributed by atoms with Crippen LogP contribution in [-0.4, -0.2) is 26.0 Å². The van der Waals surface area contributed by atoms with Gasteiger partial charge >= 0.3 is 0 Å². The van der Waals surface area contributed by atoms with Crippen LogP contribution in [0.5, 0.6) is 5.75 Å². The standard InChI is InChI=1S/C26H23N3O4S/c1-33-24-12-6-5-11-23(24)28-34(31,32)22-16-14-21(15-17-22)26(30)27-25-13-7-8-18-29(25)19-20-9-3-2-4-10-20/h2-18,28H,19H2,1H3. The highest BCUT2D eigenvalue weighted by atomic mass is 32.2. The quantitative estimate of drug-likeness (QED) is 0.438. The summed E-state index contributed by atoms with van der Waals surface area (Å²) >= 11 is 0. The maximum atomic E-state index is 12.8. The molecule has 0 unspecified atom stereocenters. The summed E-state index contributed by atoms with van der Waals surface area (Å²) < 4.78 is 35.1. The highest BCUT2D eigenvalue weighted by molar-refractivity contribution is 7.92. The van der Waals surface area contributed by atoms with Crippen LogP contribution in [0.3, 0.4) is 0 Å². The number of hydrogen-bond donors (Lipinski definition) is 1. The van der Waals surface area contributed by atoms with Crippen LogP contribution in [0.1, 0.15) is 15.9 Å². The van der Waals surface area contributed by atoms with Crippen LogP contribution >= 0.6 is 0 Å². The molecule has 0 saturated heterocycles. The summed E-state index contributed by atoms with van der Waals surface area (Å²) in [6.45, 7) is 0.569. The summed E-state index contributed by atoms with van der Waals surface area (Å²) in [4.78, 5) is 17.1. The van der Waals surface area contributed by atoms with Gasteiger partial charge in [0.25, 0.3) is 15.9 Å². The normalized spacial score (nSPS) is 11.7. The molecule has 0 bridgehead atoms. The summed E-state index contributed by atoms with van der Waals surface area (Å²) in [6, 6.07) is 27.7. The zero-order valence-corrected chi connectivity index (χ0v) is 19.3. The van der Waals surface area contributed by atoms with E-state index >= 15 is 0 Å². The number of nitrogens with one attached hydrogen (secondary N) is 1. The van der Waals surface area contributed by atoms with Crippen LogP contribution in [0.15, 0.2) is 113 Å². The molecule has 1 heterocycles. The van der Waals surface area contributed by atoms with Crippen molar-refractivity contribution >= 4 is 21.6 Å². The number of carbonyl (C=O) groups is 1. The van der Waals surface area contributed by atoms with Crippen molar-refractivity contribution in [2.45, 2.75) is 11.4 Å². The third-order valence-electron chi connectivity index (χ3n) is 5.09. The lowest BCUT2D eigenvalue weighted by atomic mass is 10.2. The Hall–Kier alpha value is -4.17. The number of rotatable bonds is 7. The minimum atomic E-state index is -3.86. The molecule has 0 spiro atoms. The van der Waals surface area contributed by atoms with Crippen molar-refractivity contribution in [3.63, 3.8) is 0 Å². The smallest absolute Gasteiger partial charge is 0.278 e. The first-order valence-corrected chi connectivity index (χ1v) is 12.0. The molecule has 0 atom stereocenters. The lowest BCUT2D eigenvalue weighted by Gasteiger charge is -2.11. The second kappa shape index (κ2) is 10.2. The van der Waals surface area contributed by atoms with Gasteiger partial charge in [-0.2, -0.15) is 4.99 Å². The number of amides is 1. The van der Waals surface area contributed by atoms with E-state index in [4.69, 9.17) is 4.74 Å². The first kappa shape index (κ1) is 23.0. The second-order valence-electron chi connectivity index (χ2n) is 7.42. The van der Waals surface area contributed by atoms with Gasteiger partial charge < -0.3 is 9.30 Å². The molecule has 0 radical (unpaired) electrons. The second-order valence-corrected chi connectivity index (χ2v) is 9.10. The molecule has 1 amide bonds. The maximum Gasteiger partial charge on any atom is 0.278 e. The average molecular weight is 474 g/mol. The zero-order valence-electron chi connectivity index (χ0n) is 18.5. The van der Waals surface area contributed by atoms with E-state index in [-0.39, 0.29) is 10.5 Å². The van der Waals surface area contributed by atoms with Crippen LogP contribution in [0.4, 0.5) is 5.69 Å². The number of benzene rings is 3. The van der Waals surface area contributed by atoms with Gasteiger partial charge in [-0.05, 0) is 54.1 Å². The zero-order chi connectivity index (χ0) is 24.0. The minimum Gasteiger partial charge on any atom is -0.495 e. The topological polar surface area (TPSA) is 89.8 Å². The summed E-state index contributed by atoms with van der Waals surface area (Å²) in [5.74, 6) is -0.0574. The van der Waals surface area contributed by atoms with E-state index in [9.17, 15) is 13.2 Å². The number of nitrogens with zero attached hydrogens (tertiary/aromatic N) is 2. The molecule has 172 valence electrons. The van der Waals surface area contributed by atoms with E-state index in [1.165, 1.54) is 31.4 Å². The fraction of sp³-hybridized carbons (Fsp3) is 0.0769. The minimum absolute atomic E-state index is 0.0220. The summed E-state index contributed by atoms with van der Waals surface area (Å²) in [6.07, 6.45) is 1.86. The molecule has 34 heavy (non-hydrogen) atoms. The fourth-order valence-electron chi connectivity index (χ4n) is 3.36. The molecule has 0 aliphatic rings. The Balaban J connectivity index is 1.56. The Morgan fingerprint density at radius 1 is 0.882 bits per heavy atom. The fourth-order valence-corrected chi connectivity index (χ4v) is 4.43. The van der Waals surface area contributed by atoms with Crippen molar-refractivity contribution in [2.24, 2.45) is 4.99 Å². The Morgan fingerprint density at radius 2 is 1.56 bits per heavy atom. The SMILES string of the molecule is COc1ccccc1NS(=O)(=O)c1ccc(C(=O)N=c2ccccn2Cc2ccccc2)cc1. The van der Waals surface area contributed by atoms with Crippen LogP contribution in [0, 0.1) is 0 Å². The molecule has 4 aromatic rings. The summed E-state index contributed by atoms with van der Waals surface area (Å²) in [7, 11) is -2.40. The first-order chi connectivity index (χ1) is 16.5. The first-order valence-electron chi connectivity index (χ1n) is 10.5. The predicted molar refractivity (Wildman–Crippen MR) is 130 cm³/mol. The van der Waals surface area contributed by atoms with Gasteiger partial charge in [0, 0.05) is 18.3 Å². The monoisotopic (exact) mass is 473 g/mol. The van der Waals surface area contributed by atoms with Crippen LogP contribution in [-0.2, 0) is 16.6 Å². The van der Waals surface area contributed by atoms with Crippen LogP contribution < -0.4 is 14.9 Å². The predicted octanol–water partition coefficient (Wildman–Crippen LogP) is 4.09. The van der Waals surface area contributed by atoms with Gasteiger partial charge in [-0.15, -0.1) is 0 Å². The number of para-hydroxylation sites is 2. The molecular weight excluding hydrogens is 450 g/mol. The van der Waals surface area contributed by atoms with Gasteiger partial charge in [-0.25, -0.2) is 8.42 Å². The van der Waals surface area contributed by atoms with Gasteiger partial charge in [0.15, 0.2) is 0 Å². The van der Waals surface area contributed by atoms with Gasteiger partial charge in [0.2, 0.25) is 0 Å². The Kier molecular flexibility index (Phi) is 6.89. The lowest BCUT2D eigenvalue weighted by molar-refractivity contribution is 0.0997. The number of methoxy groups -OCH3 is 1. The van der Waals surface area contributed by atoms with Gasteiger partial charge in [-0.3, -0.25) is 9.52 Å². The average Bonchev–Trinajstić information content (AvgIpc) is 2.86. The van der Waals surface area contributed by atoms with Gasteiger partial charge in [0.05, 0.1) is 17.7 Å². The lowest BCUT2D eigenvalue weighted by Crippen LogP contribution is -2.22. The van der Waals surface area contributed by atoms with Crippen molar-refractivity contribution in [3.8, 4) is 5.75 Å². The Bertz CT molecular complexity index is 1460. The molecule has 1 aromatic heterocycles. The highest BCUT2D eigenvalue weighted by Gasteiger charge is 2.17. The third-order valence-corrected chi connectivity index (χ3v) is 6.47. The Morgan fingerprint density at radius 3 is 2.29 bits per heavy atom. The number of anilines is 1. The van der Waals surface area contributed by atoms with Gasteiger partial charge in [0.1, 0.15) is 11.2 Å². The molecule has 0 fully saturated rings. The summed E-state index contributed by atoms with van der Waals surface area (Å²) in [5.41, 5.74) is 2.20. The molecule has 0 aliphatic carbocycles. The van der Waals surface area contributed by atoms with Gasteiger partial charge in [-0.1, -0.05) is 48.5 Å². The maximum absolute atomic E-state index is 12.8. The van der Waals surface area contributed by atoms with Crippen molar-refractivity contribution < 1.29 is 17.9 Å². The van der Waals surface area contributed by atoms with Crippen LogP contribution in [0.2, 0.25) is 0 Å². The largest absolute Gasteiger partial charge is 0.495 e. The van der Waals surface area contributed by atoms with E-state index in [2.05, 4.69) is 9.71 Å². The molecule has 0 saturated carbocycles. The number of ether oxygens (including phenoxy) is 1. The van der Waals surface area contributed by atoms with E-state index in [0.29, 0.717) is 23.5 Å². The van der Waals surface area contributed by atoms with E-state index in [1.807, 2.05) is 53.2 Å². The van der Waals surface area contributed by atoms with Crippen LogP contribution in [0.25, 0.3) is 0 Å². The van der Waals surface area contributed by atoms with E-state index in [1.54, 1.807) is 30.3 Å². The number of hydrogen-bond acceptors (Lipinski definition) is 4. The van der Waals surface area contributed by atoms with Crippen molar-refractivity contribution in [1.29, 1.82) is 0 Å². The molecule has 4 rings (SSSR count). The number of sulfonamides is 1. The van der Waals surface area contributed by atoms with Crippen molar-refractivity contribution in [2.75, 3.05) is 11.8 Å². The molecule has 0 aliphatic heterocycles. The van der Waals surface area contributed by atoms with Crippen molar-refractivity contribution in [1.82, 2.24) is 4.57 Å². The molecule has 1 N–H and O–H groups in total. The van der Waals surface area contributed by atoms with Crippen molar-refractivity contribution in [3.05, 3.63) is 120 Å². The van der Waals surface area contributed by atoms with E-state index in [0.717, 1.165) is 5.56 Å². The number of pyridine rings is 1. The summed E-state index contributed by atoms with van der Waals surface area (Å²) in [5, 5.41) is 0. The number of aromatic nitrogens is 1. The highest BCUT2D eigenvalue weighted by Crippen LogP contribution is 2.26. The molecule has 3 aromatic carbocycles. The molecular formula is C26H23N3O4S.